The van der Waals surface area contributed by atoms with E-state index in [1.807, 2.05) is 23.1 Å². The Morgan fingerprint density at radius 3 is 2.60 bits per heavy atom. The highest BCUT2D eigenvalue weighted by atomic mass is 16.5. The van der Waals surface area contributed by atoms with E-state index >= 15 is 0 Å². The fraction of sp³-hybridized carbons (Fsp3) is 0.636. The number of hydrogen-bond acceptors (Lipinski definition) is 6. The number of hydroxylamine groups is 1. The number of nitrogens with one attached hydrogen (secondary N) is 2. The Morgan fingerprint density at radius 2 is 1.93 bits per heavy atom. The first-order chi connectivity index (χ1) is 14.6. The quantitative estimate of drug-likeness (QED) is 0.471. The van der Waals surface area contributed by atoms with E-state index in [1.54, 1.807) is 12.6 Å². The highest BCUT2D eigenvalue weighted by molar-refractivity contribution is 5.90. The molecule has 0 aromatic heterocycles. The van der Waals surface area contributed by atoms with Gasteiger partial charge in [-0.3, -0.25) is 14.8 Å². The largest absolute Gasteiger partial charge is 0.385 e. The second-order valence-corrected chi connectivity index (χ2v) is 8.84. The maximum atomic E-state index is 13.3. The molecule has 1 aromatic rings. The molecule has 2 heterocycles. The van der Waals surface area contributed by atoms with Crippen LogP contribution in [0, 0.1) is 17.3 Å². The molecule has 1 saturated carbocycles. The molecule has 8 nitrogen and oxygen atoms in total. The lowest BCUT2D eigenvalue weighted by Crippen LogP contribution is -2.61. The zero-order valence-electron chi connectivity index (χ0n) is 17.5. The van der Waals surface area contributed by atoms with Gasteiger partial charge in [0.15, 0.2) is 0 Å². The molecule has 1 aliphatic carbocycles. The molecular weight excluding hydrogens is 384 g/mol. The van der Waals surface area contributed by atoms with E-state index in [1.165, 1.54) is 0 Å². The van der Waals surface area contributed by atoms with E-state index in [0.29, 0.717) is 32.0 Å². The molecule has 0 radical (unpaired) electrons. The number of anilines is 1. The second-order valence-electron chi connectivity index (χ2n) is 8.84. The van der Waals surface area contributed by atoms with Crippen molar-refractivity contribution in [2.45, 2.75) is 25.3 Å². The van der Waals surface area contributed by atoms with Crippen molar-refractivity contribution in [2.24, 2.45) is 17.3 Å². The fourth-order valence-corrected chi connectivity index (χ4v) is 5.26. The summed E-state index contributed by atoms with van der Waals surface area (Å²) in [6.45, 7) is 4.22. The third kappa shape index (κ3) is 4.17. The van der Waals surface area contributed by atoms with Crippen LogP contribution >= 0.6 is 0 Å². The van der Waals surface area contributed by atoms with Gasteiger partial charge in [-0.05, 0) is 42.7 Å². The van der Waals surface area contributed by atoms with Gasteiger partial charge in [0.1, 0.15) is 0 Å². The van der Waals surface area contributed by atoms with Gasteiger partial charge in [-0.2, -0.15) is 0 Å². The van der Waals surface area contributed by atoms with Crippen molar-refractivity contribution in [1.82, 2.24) is 15.7 Å². The summed E-state index contributed by atoms with van der Waals surface area (Å²) in [6.07, 6.45) is 2.63. The van der Waals surface area contributed by atoms with Crippen LogP contribution in [0.3, 0.4) is 0 Å². The normalized spacial score (nSPS) is 30.9. The zero-order valence-corrected chi connectivity index (χ0v) is 17.5. The smallest absolute Gasteiger partial charge is 0.248 e. The second kappa shape index (κ2) is 8.91. The maximum Gasteiger partial charge on any atom is 0.248 e. The van der Waals surface area contributed by atoms with Gasteiger partial charge in [0.2, 0.25) is 11.8 Å². The third-order valence-electron chi connectivity index (χ3n) is 7.16. The molecule has 3 fully saturated rings. The number of rotatable bonds is 6. The molecule has 2 amide bonds. The van der Waals surface area contributed by atoms with Crippen LogP contribution in [-0.4, -0.2) is 74.4 Å². The average molecular weight is 417 g/mol. The van der Waals surface area contributed by atoms with Gasteiger partial charge in [-0.15, -0.1) is 0 Å². The molecule has 164 valence electrons. The highest BCUT2D eigenvalue weighted by Crippen LogP contribution is 2.59. The number of carbonyl (C=O) groups is 2. The molecule has 2 aliphatic heterocycles. The number of nitrogens with zero attached hydrogens (tertiary/aromatic N) is 2. The van der Waals surface area contributed by atoms with Crippen LogP contribution in [0.4, 0.5) is 5.69 Å². The first kappa shape index (κ1) is 21.1. The van der Waals surface area contributed by atoms with E-state index < -0.39 is 17.9 Å². The van der Waals surface area contributed by atoms with Gasteiger partial charge in [0.25, 0.3) is 0 Å². The molecule has 4 unspecified atom stereocenters. The summed E-state index contributed by atoms with van der Waals surface area (Å²) in [4.78, 5) is 29.8. The number of benzene rings is 1. The SMILES string of the molecule is COCCC1CC12CNC(C(=O)N1CCN(c3ccccc3)CC1)C(C(=O)NO)C2. The summed E-state index contributed by atoms with van der Waals surface area (Å²) in [7, 11) is 1.70. The summed E-state index contributed by atoms with van der Waals surface area (Å²) in [5.74, 6) is -0.569. The molecule has 4 rings (SSSR count). The van der Waals surface area contributed by atoms with Crippen LogP contribution in [0.25, 0.3) is 0 Å². The minimum atomic E-state index is -0.588. The van der Waals surface area contributed by atoms with E-state index in [4.69, 9.17) is 4.74 Å². The number of hydrogen-bond donors (Lipinski definition) is 3. The lowest BCUT2D eigenvalue weighted by molar-refractivity contribution is -0.145. The van der Waals surface area contributed by atoms with Gasteiger partial charge in [0, 0.05) is 52.1 Å². The summed E-state index contributed by atoms with van der Waals surface area (Å²) in [5.41, 5.74) is 2.99. The number of ether oxygens (including phenoxy) is 1. The Balaban J connectivity index is 1.38. The Bertz CT molecular complexity index is 753. The lowest BCUT2D eigenvalue weighted by Gasteiger charge is -2.41. The molecule has 3 aliphatic rings. The van der Waals surface area contributed by atoms with Crippen molar-refractivity contribution in [3.8, 4) is 0 Å². The summed E-state index contributed by atoms with van der Waals surface area (Å²) in [6, 6.07) is 9.61. The number of para-hydroxylation sites is 1. The van der Waals surface area contributed by atoms with Gasteiger partial charge in [0.05, 0.1) is 12.0 Å². The molecule has 3 N–H and O–H groups in total. The van der Waals surface area contributed by atoms with Crippen molar-refractivity contribution in [3.63, 3.8) is 0 Å². The Hall–Kier alpha value is -2.16. The van der Waals surface area contributed by atoms with Crippen molar-refractivity contribution in [2.75, 3.05) is 51.3 Å². The Labute approximate surface area is 177 Å². The average Bonchev–Trinajstić information content (AvgIpc) is 3.48. The molecule has 1 spiro atoms. The predicted octanol–water partition coefficient (Wildman–Crippen LogP) is 0.862. The van der Waals surface area contributed by atoms with Gasteiger partial charge in [-0.1, -0.05) is 18.2 Å². The molecule has 2 saturated heterocycles. The molecule has 30 heavy (non-hydrogen) atoms. The molecule has 8 heteroatoms. The van der Waals surface area contributed by atoms with Gasteiger partial charge < -0.3 is 19.9 Å². The van der Waals surface area contributed by atoms with Crippen molar-refractivity contribution < 1.29 is 19.5 Å². The van der Waals surface area contributed by atoms with Crippen LogP contribution in [0.1, 0.15) is 19.3 Å². The van der Waals surface area contributed by atoms with E-state index in [-0.39, 0.29) is 11.3 Å². The first-order valence-corrected chi connectivity index (χ1v) is 10.8. The van der Waals surface area contributed by atoms with Crippen LogP contribution in [0.2, 0.25) is 0 Å². The van der Waals surface area contributed by atoms with Crippen molar-refractivity contribution in [3.05, 3.63) is 30.3 Å². The number of methoxy groups -OCH3 is 1. The van der Waals surface area contributed by atoms with Gasteiger partial charge >= 0.3 is 0 Å². The summed E-state index contributed by atoms with van der Waals surface area (Å²) >= 11 is 0. The van der Waals surface area contributed by atoms with Crippen LogP contribution in [-0.2, 0) is 14.3 Å². The van der Waals surface area contributed by atoms with E-state index in [0.717, 1.165) is 38.2 Å². The lowest BCUT2D eigenvalue weighted by atomic mass is 9.79. The monoisotopic (exact) mass is 416 g/mol. The van der Waals surface area contributed by atoms with Crippen LogP contribution in [0.5, 0.6) is 0 Å². The maximum absolute atomic E-state index is 13.3. The summed E-state index contributed by atoms with van der Waals surface area (Å²) < 4.78 is 5.20. The first-order valence-electron chi connectivity index (χ1n) is 10.8. The van der Waals surface area contributed by atoms with E-state index in [9.17, 15) is 14.8 Å². The van der Waals surface area contributed by atoms with Crippen molar-refractivity contribution in [1.29, 1.82) is 0 Å². The number of amides is 2. The van der Waals surface area contributed by atoms with Crippen LogP contribution in [0.15, 0.2) is 30.3 Å². The summed E-state index contributed by atoms with van der Waals surface area (Å²) in [5, 5.41) is 12.6. The number of piperidine rings is 1. The molecular formula is C22H32N4O4. The van der Waals surface area contributed by atoms with Gasteiger partial charge in [-0.25, -0.2) is 5.48 Å². The Morgan fingerprint density at radius 1 is 1.20 bits per heavy atom. The minimum absolute atomic E-state index is 0.0402. The molecule has 4 atom stereocenters. The zero-order chi connectivity index (χ0) is 21.1. The minimum Gasteiger partial charge on any atom is -0.385 e. The Kier molecular flexibility index (Phi) is 6.26. The topological polar surface area (TPSA) is 94.1 Å². The standard InChI is InChI=1S/C22H32N4O4/c1-30-12-7-16-13-22(16)14-18(20(27)24-29)19(23-15-22)21(28)26-10-8-25(9-11-26)17-5-3-2-4-6-17/h2-6,16,18-19,23,29H,7-15H2,1H3,(H,24,27). The van der Waals surface area contributed by atoms with Crippen LogP contribution < -0.4 is 15.7 Å². The number of piperazine rings is 1. The third-order valence-corrected chi connectivity index (χ3v) is 7.16. The highest BCUT2D eigenvalue weighted by Gasteiger charge is 2.59. The number of carbonyl (C=O) groups excluding carboxylic acids is 2. The van der Waals surface area contributed by atoms with E-state index in [2.05, 4.69) is 22.3 Å². The predicted molar refractivity (Wildman–Crippen MR) is 112 cm³/mol. The fourth-order valence-electron chi connectivity index (χ4n) is 5.26. The molecule has 1 aromatic carbocycles. The molecule has 0 bridgehead atoms. The van der Waals surface area contributed by atoms with Crippen molar-refractivity contribution >= 4 is 17.5 Å².